The minimum Gasteiger partial charge on any atom is -0.493 e. The van der Waals surface area contributed by atoms with Crippen molar-refractivity contribution in [3.05, 3.63) is 22.2 Å². The first-order valence-corrected chi connectivity index (χ1v) is 7.45. The van der Waals surface area contributed by atoms with Crippen molar-refractivity contribution in [2.45, 2.75) is 44.8 Å². The summed E-state index contributed by atoms with van der Waals surface area (Å²) in [6, 6.07) is 3.79. The van der Waals surface area contributed by atoms with Crippen LogP contribution < -0.4 is 9.47 Å². The number of rotatable bonds is 5. The Morgan fingerprint density at radius 2 is 2.05 bits per heavy atom. The number of halogens is 1. The van der Waals surface area contributed by atoms with Gasteiger partial charge in [0.2, 0.25) is 6.08 Å². The molecule has 0 aromatic heterocycles. The maximum Gasteiger partial charge on any atom is 0.235 e. The van der Waals surface area contributed by atoms with Gasteiger partial charge in [0.25, 0.3) is 0 Å². The van der Waals surface area contributed by atoms with Crippen LogP contribution in [0, 0.1) is 0 Å². The summed E-state index contributed by atoms with van der Waals surface area (Å²) >= 11 is 3.56. The van der Waals surface area contributed by atoms with E-state index in [-0.39, 0.29) is 6.10 Å². The molecule has 0 radical (unpaired) electrons. The Hall–Kier alpha value is -1.32. The van der Waals surface area contributed by atoms with Crippen molar-refractivity contribution >= 4 is 22.0 Å². The lowest BCUT2D eigenvalue weighted by Crippen LogP contribution is -2.32. The second-order valence-corrected chi connectivity index (χ2v) is 6.09. The number of aliphatic imine (C=N–C) groups is 1. The third-order valence-corrected chi connectivity index (χ3v) is 4.21. The summed E-state index contributed by atoms with van der Waals surface area (Å²) in [6.07, 6.45) is 4.54. The number of methoxy groups -OCH3 is 1. The fraction of sp³-hybridized carbons (Fsp3) is 0.533. The fourth-order valence-corrected chi connectivity index (χ4v) is 3.13. The molecule has 108 valence electrons. The third kappa shape index (κ3) is 2.74. The lowest BCUT2D eigenvalue weighted by Gasteiger charge is -2.38. The van der Waals surface area contributed by atoms with E-state index in [4.69, 9.17) is 9.47 Å². The quantitative estimate of drug-likeness (QED) is 0.602. The number of isocyanates is 1. The Labute approximate surface area is 127 Å². The molecule has 2 rings (SSSR count). The number of carbonyl (C=O) groups excluding carboxylic acids is 1. The van der Waals surface area contributed by atoms with Gasteiger partial charge in [-0.15, -0.1) is 0 Å². The highest BCUT2D eigenvalue weighted by atomic mass is 79.9. The van der Waals surface area contributed by atoms with E-state index in [1.165, 1.54) is 0 Å². The lowest BCUT2D eigenvalue weighted by atomic mass is 9.72. The topological polar surface area (TPSA) is 47.9 Å². The van der Waals surface area contributed by atoms with Gasteiger partial charge in [0.05, 0.1) is 18.8 Å². The molecule has 0 bridgehead atoms. The summed E-state index contributed by atoms with van der Waals surface area (Å²) in [5, 5.41) is 0. The van der Waals surface area contributed by atoms with Crippen molar-refractivity contribution in [1.82, 2.24) is 0 Å². The summed E-state index contributed by atoms with van der Waals surface area (Å²) in [5.74, 6) is 1.34. The van der Waals surface area contributed by atoms with Gasteiger partial charge >= 0.3 is 0 Å². The largest absolute Gasteiger partial charge is 0.493 e. The van der Waals surface area contributed by atoms with Crippen LogP contribution in [-0.4, -0.2) is 19.3 Å². The average Bonchev–Trinajstić information content (AvgIpc) is 2.34. The van der Waals surface area contributed by atoms with Crippen molar-refractivity contribution in [2.24, 2.45) is 4.99 Å². The molecule has 1 aromatic rings. The molecule has 0 unspecified atom stereocenters. The van der Waals surface area contributed by atoms with Crippen LogP contribution in [0.5, 0.6) is 11.5 Å². The van der Waals surface area contributed by atoms with Gasteiger partial charge < -0.3 is 9.47 Å². The molecule has 0 N–H and O–H groups in total. The average molecular weight is 340 g/mol. The molecular weight excluding hydrogens is 322 g/mol. The molecular formula is C15H18BrNO3. The smallest absolute Gasteiger partial charge is 0.235 e. The van der Waals surface area contributed by atoms with Gasteiger partial charge in [-0.25, -0.2) is 4.79 Å². The molecule has 1 aliphatic rings. The Balaban J connectivity index is 2.47. The Kier molecular flexibility index (Phi) is 4.51. The number of hydrogen-bond donors (Lipinski definition) is 0. The minimum atomic E-state index is -0.454. The SMILES string of the molecule is COc1cc(C2(N=C=O)CCC2)c(Br)cc1OC(C)C. The zero-order valence-corrected chi connectivity index (χ0v) is 13.5. The van der Waals surface area contributed by atoms with Crippen molar-refractivity contribution in [2.75, 3.05) is 7.11 Å². The molecule has 4 nitrogen and oxygen atoms in total. The molecule has 1 fully saturated rings. The van der Waals surface area contributed by atoms with Gasteiger partial charge in [-0.05, 0) is 50.8 Å². The molecule has 0 atom stereocenters. The van der Waals surface area contributed by atoms with E-state index in [2.05, 4.69) is 20.9 Å². The van der Waals surface area contributed by atoms with Gasteiger partial charge in [0.1, 0.15) is 0 Å². The molecule has 0 heterocycles. The highest BCUT2D eigenvalue weighted by molar-refractivity contribution is 9.10. The number of hydrogen-bond acceptors (Lipinski definition) is 4. The van der Waals surface area contributed by atoms with E-state index >= 15 is 0 Å². The van der Waals surface area contributed by atoms with Crippen LogP contribution in [0.25, 0.3) is 0 Å². The van der Waals surface area contributed by atoms with E-state index in [1.54, 1.807) is 13.2 Å². The third-order valence-electron chi connectivity index (χ3n) is 3.56. The van der Waals surface area contributed by atoms with Crippen LogP contribution in [0.4, 0.5) is 0 Å². The lowest BCUT2D eigenvalue weighted by molar-refractivity contribution is 0.227. The number of benzene rings is 1. The zero-order chi connectivity index (χ0) is 14.8. The predicted octanol–water partition coefficient (Wildman–Crippen LogP) is 3.96. The molecule has 0 amide bonds. The maximum absolute atomic E-state index is 10.7. The zero-order valence-electron chi connectivity index (χ0n) is 11.9. The summed E-state index contributed by atoms with van der Waals surface area (Å²) in [7, 11) is 1.61. The highest BCUT2D eigenvalue weighted by Crippen LogP contribution is 2.49. The first-order valence-electron chi connectivity index (χ1n) is 6.66. The molecule has 20 heavy (non-hydrogen) atoms. The standard InChI is InChI=1S/C15H18BrNO3/c1-10(2)20-14-8-12(16)11(7-13(14)19-3)15(17-9-18)5-4-6-15/h7-8,10H,4-6H2,1-3H3. The molecule has 1 aliphatic carbocycles. The van der Waals surface area contributed by atoms with E-state index in [9.17, 15) is 4.79 Å². The van der Waals surface area contributed by atoms with E-state index in [0.717, 1.165) is 29.3 Å². The van der Waals surface area contributed by atoms with Crippen LogP contribution in [-0.2, 0) is 10.3 Å². The van der Waals surface area contributed by atoms with Crippen molar-refractivity contribution in [3.8, 4) is 11.5 Å². The fourth-order valence-electron chi connectivity index (χ4n) is 2.44. The van der Waals surface area contributed by atoms with Gasteiger partial charge in [-0.1, -0.05) is 15.9 Å². The second-order valence-electron chi connectivity index (χ2n) is 5.24. The van der Waals surface area contributed by atoms with Crippen LogP contribution in [0.3, 0.4) is 0 Å². The van der Waals surface area contributed by atoms with Crippen LogP contribution in [0.1, 0.15) is 38.7 Å². The van der Waals surface area contributed by atoms with Gasteiger partial charge in [0.15, 0.2) is 11.5 Å². The molecule has 0 aliphatic heterocycles. The minimum absolute atomic E-state index is 0.0623. The summed E-state index contributed by atoms with van der Waals surface area (Å²) in [6.45, 7) is 3.93. The van der Waals surface area contributed by atoms with Gasteiger partial charge in [-0.3, -0.25) is 0 Å². The Morgan fingerprint density at radius 3 is 2.50 bits per heavy atom. The van der Waals surface area contributed by atoms with E-state index in [1.807, 2.05) is 26.0 Å². The highest BCUT2D eigenvalue weighted by Gasteiger charge is 2.41. The van der Waals surface area contributed by atoms with Crippen LogP contribution in [0.2, 0.25) is 0 Å². The Bertz CT molecular complexity index is 546. The molecule has 1 saturated carbocycles. The van der Waals surface area contributed by atoms with E-state index in [0.29, 0.717) is 11.5 Å². The molecule has 0 saturated heterocycles. The van der Waals surface area contributed by atoms with Gasteiger partial charge in [0, 0.05) is 4.47 Å². The predicted molar refractivity (Wildman–Crippen MR) is 80.1 cm³/mol. The molecule has 0 spiro atoms. The van der Waals surface area contributed by atoms with Crippen molar-refractivity contribution in [3.63, 3.8) is 0 Å². The van der Waals surface area contributed by atoms with Crippen molar-refractivity contribution < 1.29 is 14.3 Å². The monoisotopic (exact) mass is 339 g/mol. The van der Waals surface area contributed by atoms with Crippen molar-refractivity contribution in [1.29, 1.82) is 0 Å². The second kappa shape index (κ2) is 5.98. The molecule has 5 heteroatoms. The number of nitrogens with zero attached hydrogens (tertiary/aromatic N) is 1. The molecule has 1 aromatic carbocycles. The number of ether oxygens (including phenoxy) is 2. The first kappa shape index (κ1) is 15.1. The summed E-state index contributed by atoms with van der Waals surface area (Å²) in [5.41, 5.74) is 0.504. The van der Waals surface area contributed by atoms with Crippen LogP contribution in [0.15, 0.2) is 21.6 Å². The maximum atomic E-state index is 10.7. The first-order chi connectivity index (χ1) is 9.52. The Morgan fingerprint density at radius 1 is 1.35 bits per heavy atom. The van der Waals surface area contributed by atoms with Crippen LogP contribution >= 0.6 is 15.9 Å². The summed E-state index contributed by atoms with van der Waals surface area (Å²) in [4.78, 5) is 14.7. The summed E-state index contributed by atoms with van der Waals surface area (Å²) < 4.78 is 12.0. The van der Waals surface area contributed by atoms with Gasteiger partial charge in [-0.2, -0.15) is 4.99 Å². The normalized spacial score (nSPS) is 16.2. The van der Waals surface area contributed by atoms with E-state index < -0.39 is 5.54 Å².